The van der Waals surface area contributed by atoms with Gasteiger partial charge in [0.1, 0.15) is 0 Å². The Morgan fingerprint density at radius 2 is 1.77 bits per heavy atom. The number of aromatic nitrogens is 1. The molecule has 0 aliphatic rings. The van der Waals surface area contributed by atoms with Gasteiger partial charge in [0.05, 0.1) is 34.6 Å². The molecule has 7 nitrogen and oxygen atoms in total. The van der Waals surface area contributed by atoms with E-state index in [0.29, 0.717) is 38.8 Å². The number of para-hydroxylation sites is 2. The van der Waals surface area contributed by atoms with Crippen LogP contribution in [0.15, 0.2) is 72.8 Å². The third kappa shape index (κ3) is 5.77. The predicted octanol–water partition coefficient (Wildman–Crippen LogP) is 5.78. The first-order valence-corrected chi connectivity index (χ1v) is 11.0. The van der Waals surface area contributed by atoms with Gasteiger partial charge >= 0.3 is 5.97 Å². The molecule has 176 valence electrons. The molecule has 0 atom stereocenters. The van der Waals surface area contributed by atoms with Crippen molar-refractivity contribution in [2.45, 2.75) is 0 Å². The van der Waals surface area contributed by atoms with Gasteiger partial charge in [-0.1, -0.05) is 54.1 Å². The van der Waals surface area contributed by atoms with Gasteiger partial charge in [-0.3, -0.25) is 4.79 Å². The van der Waals surface area contributed by atoms with Crippen molar-refractivity contribution in [3.8, 4) is 11.5 Å². The summed E-state index contributed by atoms with van der Waals surface area (Å²) in [6.45, 7) is -0.226. The van der Waals surface area contributed by atoms with Crippen LogP contribution in [0, 0.1) is 0 Å². The number of rotatable bonds is 8. The highest BCUT2D eigenvalue weighted by molar-refractivity contribution is 6.33. The van der Waals surface area contributed by atoms with Gasteiger partial charge in [-0.15, -0.1) is 0 Å². The number of benzene rings is 3. The van der Waals surface area contributed by atoms with E-state index in [1.807, 2.05) is 6.07 Å². The molecule has 1 heterocycles. The first-order valence-electron chi connectivity index (χ1n) is 10.6. The molecule has 0 spiro atoms. The lowest BCUT2D eigenvalue weighted by molar-refractivity contribution is -0.118. The van der Waals surface area contributed by atoms with E-state index in [1.54, 1.807) is 72.8 Å². The molecule has 1 aromatic heterocycles. The smallest absolute Gasteiger partial charge is 0.336 e. The zero-order chi connectivity index (χ0) is 24.8. The summed E-state index contributed by atoms with van der Waals surface area (Å²) in [5.41, 5.74) is 2.58. The molecule has 4 aromatic rings. The summed E-state index contributed by atoms with van der Waals surface area (Å²) in [5.74, 6) is -0.535. The topological polar surface area (TPSA) is 97.8 Å². The number of fused-ring (bicyclic) bond motifs is 1. The molecular weight excluding hydrogens is 468 g/mol. The zero-order valence-corrected chi connectivity index (χ0v) is 19.5. The highest BCUT2D eigenvalue weighted by Gasteiger charge is 2.12. The molecule has 2 N–H and O–H groups in total. The fourth-order valence-electron chi connectivity index (χ4n) is 3.44. The second-order valence-electron chi connectivity index (χ2n) is 7.48. The van der Waals surface area contributed by atoms with Crippen LogP contribution in [-0.2, 0) is 4.79 Å². The Balaban J connectivity index is 1.48. The summed E-state index contributed by atoms with van der Waals surface area (Å²) < 4.78 is 11.0. The van der Waals surface area contributed by atoms with Gasteiger partial charge in [-0.25, -0.2) is 9.78 Å². The molecule has 0 radical (unpaired) electrons. The minimum absolute atomic E-state index is 0.187. The quantitative estimate of drug-likeness (QED) is 0.326. The van der Waals surface area contributed by atoms with E-state index >= 15 is 0 Å². The monoisotopic (exact) mass is 488 g/mol. The summed E-state index contributed by atoms with van der Waals surface area (Å²) in [6, 6.07) is 20.8. The van der Waals surface area contributed by atoms with Crippen LogP contribution in [0.5, 0.6) is 11.5 Å². The minimum atomic E-state index is -1.01. The number of hydrogen-bond acceptors (Lipinski definition) is 5. The number of methoxy groups -OCH3 is 1. The van der Waals surface area contributed by atoms with Gasteiger partial charge in [0, 0.05) is 5.39 Å². The van der Waals surface area contributed by atoms with Gasteiger partial charge in [0.15, 0.2) is 18.1 Å². The van der Waals surface area contributed by atoms with E-state index < -0.39 is 5.97 Å². The molecule has 0 saturated carbocycles. The van der Waals surface area contributed by atoms with Crippen molar-refractivity contribution in [2.24, 2.45) is 0 Å². The summed E-state index contributed by atoms with van der Waals surface area (Å²) in [7, 11) is 1.50. The van der Waals surface area contributed by atoms with Crippen LogP contribution in [0.4, 0.5) is 5.69 Å². The Morgan fingerprint density at radius 1 is 1.00 bits per heavy atom. The van der Waals surface area contributed by atoms with E-state index in [-0.39, 0.29) is 18.1 Å². The number of anilines is 1. The van der Waals surface area contributed by atoms with Crippen LogP contribution >= 0.6 is 11.6 Å². The maximum atomic E-state index is 12.2. The molecule has 0 saturated heterocycles. The van der Waals surface area contributed by atoms with E-state index in [4.69, 9.17) is 21.1 Å². The fraction of sp³-hybridized carbons (Fsp3) is 0.0741. The standard InChI is InChI=1S/C27H21ClN2O5/c1-34-25-14-17(10-12-18-15-20(27(32)33)19-6-2-4-8-22(19)29-18)11-13-24(25)35-16-26(31)30-23-9-5-3-7-21(23)28/h2-15H,16H2,1H3,(H,30,31)(H,32,33)/b12-10+. The predicted molar refractivity (Wildman–Crippen MR) is 136 cm³/mol. The zero-order valence-electron chi connectivity index (χ0n) is 18.7. The van der Waals surface area contributed by atoms with Gasteiger partial charge in [-0.2, -0.15) is 0 Å². The van der Waals surface area contributed by atoms with Crippen molar-refractivity contribution in [3.63, 3.8) is 0 Å². The number of pyridine rings is 1. The van der Waals surface area contributed by atoms with Crippen LogP contribution in [0.2, 0.25) is 5.02 Å². The number of aromatic carboxylic acids is 1. The maximum Gasteiger partial charge on any atom is 0.336 e. The van der Waals surface area contributed by atoms with Gasteiger partial charge in [0.25, 0.3) is 5.91 Å². The Kier molecular flexibility index (Phi) is 7.28. The van der Waals surface area contributed by atoms with E-state index in [1.165, 1.54) is 13.2 Å². The Hall–Kier alpha value is -4.36. The molecule has 0 aliphatic heterocycles. The summed E-state index contributed by atoms with van der Waals surface area (Å²) >= 11 is 6.06. The van der Waals surface area contributed by atoms with Gasteiger partial charge in [-0.05, 0) is 48.0 Å². The number of amides is 1. The SMILES string of the molecule is COc1cc(/C=C/c2cc(C(=O)O)c3ccccc3n2)ccc1OCC(=O)Nc1ccccc1Cl. The number of carbonyl (C=O) groups excluding carboxylic acids is 1. The number of carboxylic acids is 1. The first kappa shape index (κ1) is 23.8. The molecule has 0 fully saturated rings. The summed E-state index contributed by atoms with van der Waals surface area (Å²) in [4.78, 5) is 28.4. The number of hydrogen-bond donors (Lipinski definition) is 2. The number of carbonyl (C=O) groups is 2. The molecule has 8 heteroatoms. The highest BCUT2D eigenvalue weighted by Crippen LogP contribution is 2.29. The molecule has 35 heavy (non-hydrogen) atoms. The van der Waals surface area contributed by atoms with Crippen LogP contribution in [0.25, 0.3) is 23.1 Å². The normalized spacial score (nSPS) is 10.9. The van der Waals surface area contributed by atoms with Crippen molar-refractivity contribution < 1.29 is 24.2 Å². The third-order valence-corrected chi connectivity index (χ3v) is 5.44. The van der Waals surface area contributed by atoms with E-state index in [9.17, 15) is 14.7 Å². The Bertz CT molecular complexity index is 1430. The molecule has 1 amide bonds. The average Bonchev–Trinajstić information content (AvgIpc) is 2.87. The average molecular weight is 489 g/mol. The second-order valence-corrected chi connectivity index (χ2v) is 7.88. The molecular formula is C27H21ClN2O5. The highest BCUT2D eigenvalue weighted by atomic mass is 35.5. The van der Waals surface area contributed by atoms with Crippen LogP contribution in [0.1, 0.15) is 21.6 Å². The number of nitrogens with zero attached hydrogens (tertiary/aromatic N) is 1. The van der Waals surface area contributed by atoms with Gasteiger partial charge in [0.2, 0.25) is 0 Å². The lowest BCUT2D eigenvalue weighted by Crippen LogP contribution is -2.20. The maximum absolute atomic E-state index is 12.2. The van der Waals surface area contributed by atoms with Crippen molar-refractivity contribution in [1.82, 2.24) is 4.98 Å². The lowest BCUT2D eigenvalue weighted by atomic mass is 10.1. The third-order valence-electron chi connectivity index (χ3n) is 5.11. The second kappa shape index (κ2) is 10.7. The number of ether oxygens (including phenoxy) is 2. The molecule has 3 aromatic carbocycles. The van der Waals surface area contributed by atoms with Crippen molar-refractivity contribution in [1.29, 1.82) is 0 Å². The number of halogens is 1. The summed E-state index contributed by atoms with van der Waals surface area (Å²) in [5, 5.41) is 13.3. The Morgan fingerprint density at radius 3 is 2.54 bits per heavy atom. The van der Waals surface area contributed by atoms with Crippen molar-refractivity contribution >= 4 is 52.2 Å². The first-order chi connectivity index (χ1) is 16.9. The fourth-order valence-corrected chi connectivity index (χ4v) is 3.62. The van der Waals surface area contributed by atoms with Crippen LogP contribution in [0.3, 0.4) is 0 Å². The lowest BCUT2D eigenvalue weighted by Gasteiger charge is -2.12. The van der Waals surface area contributed by atoms with E-state index in [0.717, 1.165) is 5.56 Å². The van der Waals surface area contributed by atoms with Crippen LogP contribution < -0.4 is 14.8 Å². The van der Waals surface area contributed by atoms with E-state index in [2.05, 4.69) is 10.3 Å². The number of nitrogens with one attached hydrogen (secondary N) is 1. The van der Waals surface area contributed by atoms with Crippen molar-refractivity contribution in [3.05, 3.63) is 94.6 Å². The largest absolute Gasteiger partial charge is 0.493 e. The summed E-state index contributed by atoms with van der Waals surface area (Å²) in [6.07, 6.45) is 3.52. The Labute approximate surface area is 206 Å². The van der Waals surface area contributed by atoms with Crippen LogP contribution in [-0.4, -0.2) is 35.7 Å². The van der Waals surface area contributed by atoms with Gasteiger partial charge < -0.3 is 19.9 Å². The molecule has 0 aliphatic carbocycles. The molecule has 0 unspecified atom stereocenters. The number of carboxylic acid groups (broad SMARTS) is 1. The molecule has 4 rings (SSSR count). The van der Waals surface area contributed by atoms with Crippen molar-refractivity contribution in [2.75, 3.05) is 19.0 Å². The minimum Gasteiger partial charge on any atom is -0.493 e. The molecule has 0 bridgehead atoms.